The molecule has 1 aromatic carbocycles. The van der Waals surface area contributed by atoms with Gasteiger partial charge in [-0.05, 0) is 12.1 Å². The van der Waals surface area contributed by atoms with Crippen LogP contribution in [0.1, 0.15) is 0 Å². The topological polar surface area (TPSA) is 134 Å². The third-order valence-electron chi connectivity index (χ3n) is 1.70. The first kappa shape index (κ1) is 16.0. The molecule has 8 nitrogen and oxygen atoms in total. The maximum Gasteiger partial charge on any atom is 0.0701 e. The molecule has 0 aliphatic rings. The van der Waals surface area contributed by atoms with Crippen LogP contribution in [0.5, 0.6) is 0 Å². The van der Waals surface area contributed by atoms with Crippen LogP contribution in [-0.2, 0) is 31.3 Å². The van der Waals surface area contributed by atoms with E-state index in [0.29, 0.717) is 0 Å². The third kappa shape index (κ3) is 7.22. The number of aromatic nitrogens is 1. The predicted molar refractivity (Wildman–Crippen MR) is 58.5 cm³/mol. The van der Waals surface area contributed by atoms with Gasteiger partial charge in [-0.15, -0.1) is 0 Å². The third-order valence-corrected chi connectivity index (χ3v) is 4.91. The first-order valence-corrected chi connectivity index (χ1v) is 9.60. The molecule has 1 heterocycles. The van der Waals surface area contributed by atoms with Crippen LogP contribution >= 0.6 is 7.82 Å². The Bertz CT molecular complexity index is 631. The second-order valence-corrected chi connectivity index (χ2v) is 7.52. The van der Waals surface area contributed by atoms with Crippen molar-refractivity contribution in [3.05, 3.63) is 42.6 Å². The fourth-order valence-corrected chi connectivity index (χ4v) is 3.19. The van der Waals surface area contributed by atoms with Crippen molar-refractivity contribution in [2.24, 2.45) is 0 Å². The van der Waals surface area contributed by atoms with Crippen molar-refractivity contribution >= 4 is 18.7 Å². The van der Waals surface area contributed by atoms with Crippen molar-refractivity contribution in [3.63, 3.8) is 0 Å². The summed E-state index contributed by atoms with van der Waals surface area (Å²) in [6, 6.07) is 12.1. The fraction of sp³-hybridized carbons (Fsp3) is 0. The van der Waals surface area contributed by atoms with Gasteiger partial charge in [-0.25, -0.2) is 0 Å². The van der Waals surface area contributed by atoms with Gasteiger partial charge < -0.3 is 0 Å². The normalized spacial score (nSPS) is 11.7. The minimum Gasteiger partial charge on any atom is -0.256 e. The summed E-state index contributed by atoms with van der Waals surface area (Å²) in [7, 11) is -5.08. The van der Waals surface area contributed by atoms with Gasteiger partial charge in [0.2, 0.25) is 0 Å². The van der Waals surface area contributed by atoms with Crippen molar-refractivity contribution < 1.29 is 44.8 Å². The molecule has 0 saturated heterocycles. The molecule has 0 unspecified atom stereocenters. The van der Waals surface area contributed by atoms with Crippen molar-refractivity contribution in [1.82, 2.24) is 4.98 Å². The molecule has 2 rings (SSSR count). The zero-order chi connectivity index (χ0) is 14.5. The first-order chi connectivity index (χ1) is 8.67. The number of pyridine rings is 1. The average molecular weight is 371 g/mol. The van der Waals surface area contributed by atoms with Gasteiger partial charge in [-0.2, -0.15) is 0 Å². The van der Waals surface area contributed by atoms with E-state index in [4.69, 9.17) is 13.5 Å². The number of hydrogen-bond acceptors (Lipinski definition) is 5. The van der Waals surface area contributed by atoms with E-state index in [1.54, 1.807) is 0 Å². The number of phosphoric acid groups is 1. The summed E-state index contributed by atoms with van der Waals surface area (Å²) in [4.78, 5) is 19.6. The molecule has 0 spiro atoms. The Hall–Kier alpha value is -1.01. The minimum atomic E-state index is -6.03. The summed E-state index contributed by atoms with van der Waals surface area (Å²) in [5, 5.41) is 1.20. The van der Waals surface area contributed by atoms with Gasteiger partial charge in [0.1, 0.15) is 0 Å². The zero-order valence-corrected chi connectivity index (χ0v) is 12.2. The number of benzene rings is 1. The second-order valence-electron chi connectivity index (χ2n) is 3.19. The molecule has 0 aliphatic heterocycles. The molecular formula is C9H10MoNO7P. The maximum atomic E-state index is 9.61. The van der Waals surface area contributed by atoms with Gasteiger partial charge in [-0.1, -0.05) is 24.3 Å². The van der Waals surface area contributed by atoms with Gasteiger partial charge in [0, 0.05) is 11.6 Å². The summed E-state index contributed by atoms with van der Waals surface area (Å²) >= 11 is -6.03. The van der Waals surface area contributed by atoms with E-state index in [0.717, 1.165) is 5.52 Å². The SMILES string of the molecule is O=P(O)(O)[O][Mo](=[O])(=[O])[OH].c1ccc2ncccc2c1. The van der Waals surface area contributed by atoms with Crippen molar-refractivity contribution in [1.29, 1.82) is 0 Å². The number of hydrogen-bond donors (Lipinski definition) is 3. The molecule has 0 fully saturated rings. The molecular weight excluding hydrogens is 361 g/mol. The molecule has 0 radical (unpaired) electrons. The molecule has 2 aromatic rings. The standard InChI is InChI=1S/C9H7N.Mo.H3O4P.H2O.2O/c1-2-6-9-8(4-1)5-3-7-10-9;;1-5(2,3)4;;;/h1-7H;;(H3,1,2,3,4);1H2;;/q;+2;;;;/p-2. The van der Waals surface area contributed by atoms with Crippen LogP contribution in [0.25, 0.3) is 10.9 Å². The molecule has 1 aromatic heterocycles. The first-order valence-electron chi connectivity index (χ1n) is 4.71. The minimum absolute atomic E-state index is 1.06. The van der Waals surface area contributed by atoms with Gasteiger partial charge in [0.05, 0.1) is 5.52 Å². The largest absolute Gasteiger partial charge is 0.256 e. The quantitative estimate of drug-likeness (QED) is 0.526. The van der Waals surface area contributed by atoms with Crippen LogP contribution < -0.4 is 0 Å². The monoisotopic (exact) mass is 373 g/mol. The van der Waals surface area contributed by atoms with Crippen LogP contribution in [0, 0.1) is 0 Å². The van der Waals surface area contributed by atoms with E-state index in [2.05, 4.69) is 20.3 Å². The molecule has 0 aliphatic carbocycles. The summed E-state index contributed by atoms with van der Waals surface area (Å²) in [5.41, 5.74) is 1.06. The van der Waals surface area contributed by atoms with Gasteiger partial charge in [0.25, 0.3) is 0 Å². The Morgan fingerprint density at radius 3 is 2.16 bits per heavy atom. The van der Waals surface area contributed by atoms with E-state index >= 15 is 0 Å². The van der Waals surface area contributed by atoms with Crippen molar-refractivity contribution in [3.8, 4) is 0 Å². The molecule has 0 atom stereocenters. The summed E-state index contributed by atoms with van der Waals surface area (Å²) in [5.74, 6) is 0. The van der Waals surface area contributed by atoms with Gasteiger partial charge in [-0.3, -0.25) is 4.98 Å². The van der Waals surface area contributed by atoms with Crippen LogP contribution in [0.3, 0.4) is 0 Å². The molecule has 0 saturated carbocycles. The number of rotatable bonds is 2. The Kier molecular flexibility index (Phi) is 5.43. The smallest absolute Gasteiger partial charge is 0.0701 e. The summed E-state index contributed by atoms with van der Waals surface area (Å²) < 4.78 is 39.4. The summed E-state index contributed by atoms with van der Waals surface area (Å²) in [6.07, 6.45) is 1.81. The molecule has 104 valence electrons. The molecule has 0 bridgehead atoms. The van der Waals surface area contributed by atoms with Crippen LogP contribution in [0.15, 0.2) is 42.6 Å². The Balaban J connectivity index is 0.000000192. The Labute approximate surface area is 111 Å². The number of fused-ring (bicyclic) bond motifs is 1. The van der Waals surface area contributed by atoms with Gasteiger partial charge >= 0.3 is 52.7 Å². The maximum absolute atomic E-state index is 9.61. The molecule has 0 amide bonds. The summed E-state index contributed by atoms with van der Waals surface area (Å²) in [6.45, 7) is 0. The van der Waals surface area contributed by atoms with Crippen molar-refractivity contribution in [2.45, 2.75) is 0 Å². The Morgan fingerprint density at radius 1 is 1.11 bits per heavy atom. The van der Waals surface area contributed by atoms with Crippen molar-refractivity contribution in [2.75, 3.05) is 0 Å². The van der Waals surface area contributed by atoms with E-state index in [1.807, 2.05) is 30.5 Å². The Morgan fingerprint density at radius 2 is 1.68 bits per heavy atom. The second kappa shape index (κ2) is 6.43. The van der Waals surface area contributed by atoms with Crippen LogP contribution in [0.2, 0.25) is 0 Å². The zero-order valence-electron chi connectivity index (χ0n) is 9.32. The van der Waals surface area contributed by atoms with Crippen LogP contribution in [0.4, 0.5) is 0 Å². The molecule has 3 N–H and O–H groups in total. The number of nitrogens with zero attached hydrogens (tertiary/aromatic N) is 1. The van der Waals surface area contributed by atoms with Crippen LogP contribution in [-0.4, -0.2) is 18.5 Å². The fourth-order valence-electron chi connectivity index (χ4n) is 1.14. The van der Waals surface area contributed by atoms with E-state index in [9.17, 15) is 11.4 Å². The molecule has 10 heteroatoms. The molecule has 19 heavy (non-hydrogen) atoms. The van der Waals surface area contributed by atoms with E-state index in [-0.39, 0.29) is 0 Å². The number of para-hydroxylation sites is 1. The predicted octanol–water partition coefficient (Wildman–Crippen LogP) is 0.998. The van der Waals surface area contributed by atoms with E-state index in [1.165, 1.54) is 5.39 Å². The average Bonchev–Trinajstić information content (AvgIpc) is 2.25. The van der Waals surface area contributed by atoms with Gasteiger partial charge in [0.15, 0.2) is 0 Å². The van der Waals surface area contributed by atoms with E-state index < -0.39 is 24.6 Å².